The van der Waals surface area contributed by atoms with Crippen molar-refractivity contribution in [1.29, 1.82) is 0 Å². The number of methoxy groups -OCH3 is 1. The van der Waals surface area contributed by atoms with Crippen molar-refractivity contribution < 1.29 is 18.8 Å². The Morgan fingerprint density at radius 3 is 3.11 bits per heavy atom. The molecule has 2 unspecified atom stereocenters. The molecule has 2 aliphatic heterocycles. The molecule has 0 aliphatic carbocycles. The topological polar surface area (TPSA) is 64.8 Å². The van der Waals surface area contributed by atoms with Crippen LogP contribution in [-0.4, -0.2) is 54.5 Å². The molecule has 2 atom stereocenters. The van der Waals surface area contributed by atoms with Crippen molar-refractivity contribution in [1.82, 2.24) is 10.1 Å². The summed E-state index contributed by atoms with van der Waals surface area (Å²) in [5.74, 6) is 0.562. The van der Waals surface area contributed by atoms with Gasteiger partial charge in [-0.2, -0.15) is 0 Å². The van der Waals surface area contributed by atoms with E-state index in [1.54, 1.807) is 25.0 Å². The summed E-state index contributed by atoms with van der Waals surface area (Å²) in [4.78, 5) is 14.1. The van der Waals surface area contributed by atoms with E-state index in [0.717, 1.165) is 12.8 Å². The molecule has 1 aromatic rings. The van der Waals surface area contributed by atoms with Crippen molar-refractivity contribution >= 4 is 5.91 Å². The third-order valence-corrected chi connectivity index (χ3v) is 3.96. The first-order valence-corrected chi connectivity index (χ1v) is 6.51. The fourth-order valence-electron chi connectivity index (χ4n) is 2.89. The maximum Gasteiger partial charge on any atom is 0.276 e. The SMILES string of the molecule is COC1COC2(CCN(C(=O)c3cc(C)on3)C2)C1. The van der Waals surface area contributed by atoms with Crippen LogP contribution in [0.3, 0.4) is 0 Å². The van der Waals surface area contributed by atoms with Crippen molar-refractivity contribution in [2.45, 2.75) is 31.5 Å². The molecule has 2 aliphatic rings. The van der Waals surface area contributed by atoms with Gasteiger partial charge in [0.1, 0.15) is 5.76 Å². The Bertz CT molecular complexity index is 487. The first-order valence-electron chi connectivity index (χ1n) is 6.51. The summed E-state index contributed by atoms with van der Waals surface area (Å²) in [6.07, 6.45) is 1.85. The summed E-state index contributed by atoms with van der Waals surface area (Å²) in [5.41, 5.74) is 0.144. The summed E-state index contributed by atoms with van der Waals surface area (Å²) in [5, 5.41) is 3.77. The molecule has 2 fully saturated rings. The van der Waals surface area contributed by atoms with Gasteiger partial charge in [0.05, 0.1) is 24.9 Å². The molecule has 0 bridgehead atoms. The van der Waals surface area contributed by atoms with E-state index in [2.05, 4.69) is 5.16 Å². The highest BCUT2D eigenvalue weighted by atomic mass is 16.6. The second-order valence-corrected chi connectivity index (χ2v) is 5.36. The molecule has 1 spiro atoms. The number of hydrogen-bond acceptors (Lipinski definition) is 5. The molecule has 0 saturated carbocycles. The van der Waals surface area contributed by atoms with Gasteiger partial charge < -0.3 is 18.9 Å². The van der Waals surface area contributed by atoms with Crippen molar-refractivity contribution in [3.8, 4) is 0 Å². The van der Waals surface area contributed by atoms with Crippen LogP contribution in [0.5, 0.6) is 0 Å². The van der Waals surface area contributed by atoms with E-state index in [0.29, 0.717) is 31.2 Å². The number of aryl methyl sites for hydroxylation is 1. The highest BCUT2D eigenvalue weighted by molar-refractivity contribution is 5.92. The maximum absolute atomic E-state index is 12.3. The predicted octanol–water partition coefficient (Wildman–Crippen LogP) is 1.00. The van der Waals surface area contributed by atoms with E-state index < -0.39 is 0 Å². The molecule has 0 N–H and O–H groups in total. The summed E-state index contributed by atoms with van der Waals surface area (Å²) < 4.78 is 16.1. The summed E-state index contributed by atoms with van der Waals surface area (Å²) in [7, 11) is 1.70. The van der Waals surface area contributed by atoms with E-state index in [-0.39, 0.29) is 17.6 Å². The number of nitrogens with zero attached hydrogens (tertiary/aromatic N) is 2. The lowest BCUT2D eigenvalue weighted by atomic mass is 9.98. The van der Waals surface area contributed by atoms with Gasteiger partial charge in [-0.05, 0) is 13.3 Å². The molecule has 6 nitrogen and oxygen atoms in total. The number of carbonyl (C=O) groups is 1. The molecular weight excluding hydrogens is 248 g/mol. The lowest BCUT2D eigenvalue weighted by Gasteiger charge is -2.22. The molecule has 3 rings (SSSR count). The Morgan fingerprint density at radius 2 is 2.47 bits per heavy atom. The number of carbonyl (C=O) groups excluding carboxylic acids is 1. The number of rotatable bonds is 2. The van der Waals surface area contributed by atoms with Crippen molar-refractivity contribution in [3.05, 3.63) is 17.5 Å². The van der Waals surface area contributed by atoms with Crippen LogP contribution < -0.4 is 0 Å². The molecule has 0 radical (unpaired) electrons. The monoisotopic (exact) mass is 266 g/mol. The van der Waals surface area contributed by atoms with Gasteiger partial charge in [0.2, 0.25) is 0 Å². The first kappa shape index (κ1) is 12.6. The average Bonchev–Trinajstić information content (AvgIpc) is 3.11. The van der Waals surface area contributed by atoms with Crippen molar-refractivity contribution in [2.75, 3.05) is 26.8 Å². The van der Waals surface area contributed by atoms with Gasteiger partial charge >= 0.3 is 0 Å². The van der Waals surface area contributed by atoms with Gasteiger partial charge in [-0.25, -0.2) is 0 Å². The van der Waals surface area contributed by atoms with Crippen LogP contribution in [0.4, 0.5) is 0 Å². The Labute approximate surface area is 111 Å². The standard InChI is InChI=1S/C13H18N2O4/c1-9-5-11(14-19-9)12(16)15-4-3-13(8-15)6-10(17-2)7-18-13/h5,10H,3-4,6-8H2,1-2H3. The molecule has 2 saturated heterocycles. The van der Waals surface area contributed by atoms with Crippen LogP contribution in [0, 0.1) is 6.92 Å². The molecule has 1 amide bonds. The number of likely N-dealkylation sites (tertiary alicyclic amines) is 1. The minimum Gasteiger partial charge on any atom is -0.379 e. The van der Waals surface area contributed by atoms with Crippen LogP contribution >= 0.6 is 0 Å². The zero-order chi connectivity index (χ0) is 13.5. The first-order chi connectivity index (χ1) is 9.12. The van der Waals surface area contributed by atoms with Gasteiger partial charge in [-0.3, -0.25) is 4.79 Å². The minimum atomic E-state index is -0.227. The maximum atomic E-state index is 12.3. The van der Waals surface area contributed by atoms with Crippen LogP contribution in [0.1, 0.15) is 29.1 Å². The zero-order valence-electron chi connectivity index (χ0n) is 11.2. The fraction of sp³-hybridized carbons (Fsp3) is 0.692. The molecule has 19 heavy (non-hydrogen) atoms. The van der Waals surface area contributed by atoms with Crippen LogP contribution in [0.25, 0.3) is 0 Å². The minimum absolute atomic E-state index is 0.0850. The van der Waals surface area contributed by atoms with Crippen LogP contribution in [0.2, 0.25) is 0 Å². The molecular formula is C13H18N2O4. The Morgan fingerprint density at radius 1 is 1.63 bits per heavy atom. The lowest BCUT2D eigenvalue weighted by Crippen LogP contribution is -2.36. The molecule has 3 heterocycles. The fourth-order valence-corrected chi connectivity index (χ4v) is 2.89. The van der Waals surface area contributed by atoms with E-state index in [9.17, 15) is 4.79 Å². The van der Waals surface area contributed by atoms with Crippen molar-refractivity contribution in [2.24, 2.45) is 0 Å². The Hall–Kier alpha value is -1.40. The molecule has 6 heteroatoms. The molecule has 1 aromatic heterocycles. The third kappa shape index (κ3) is 2.26. The van der Waals surface area contributed by atoms with Crippen molar-refractivity contribution in [3.63, 3.8) is 0 Å². The van der Waals surface area contributed by atoms with Gasteiger partial charge in [-0.1, -0.05) is 5.16 Å². The number of aromatic nitrogens is 1. The zero-order valence-corrected chi connectivity index (χ0v) is 11.2. The van der Waals surface area contributed by atoms with Crippen LogP contribution in [-0.2, 0) is 9.47 Å². The van der Waals surface area contributed by atoms with Gasteiger partial charge in [0.15, 0.2) is 5.69 Å². The third-order valence-electron chi connectivity index (χ3n) is 3.96. The molecule has 0 aromatic carbocycles. The van der Waals surface area contributed by atoms with Gasteiger partial charge in [0, 0.05) is 26.1 Å². The number of ether oxygens (including phenoxy) is 2. The van der Waals surface area contributed by atoms with Gasteiger partial charge in [-0.15, -0.1) is 0 Å². The van der Waals surface area contributed by atoms with E-state index in [1.807, 2.05) is 0 Å². The van der Waals surface area contributed by atoms with E-state index in [1.165, 1.54) is 0 Å². The molecule has 104 valence electrons. The highest BCUT2D eigenvalue weighted by Gasteiger charge is 2.47. The van der Waals surface area contributed by atoms with Gasteiger partial charge in [0.25, 0.3) is 5.91 Å². The number of hydrogen-bond donors (Lipinski definition) is 0. The normalized spacial score (nSPS) is 30.4. The quantitative estimate of drug-likeness (QED) is 0.799. The summed E-state index contributed by atoms with van der Waals surface area (Å²) in [6, 6.07) is 1.67. The van der Waals surface area contributed by atoms with Crippen LogP contribution in [0.15, 0.2) is 10.6 Å². The second kappa shape index (κ2) is 4.61. The lowest BCUT2D eigenvalue weighted by molar-refractivity contribution is 0.00694. The largest absolute Gasteiger partial charge is 0.379 e. The van der Waals surface area contributed by atoms with E-state index >= 15 is 0 Å². The van der Waals surface area contributed by atoms with E-state index in [4.69, 9.17) is 14.0 Å². The summed E-state index contributed by atoms with van der Waals surface area (Å²) >= 11 is 0. The Kier molecular flexibility index (Phi) is 3.06. The average molecular weight is 266 g/mol. The summed E-state index contributed by atoms with van der Waals surface area (Å²) in [6.45, 7) is 3.69. The second-order valence-electron chi connectivity index (χ2n) is 5.36. The predicted molar refractivity (Wildman–Crippen MR) is 65.9 cm³/mol. The smallest absolute Gasteiger partial charge is 0.276 e. The Balaban J connectivity index is 1.68. The number of amides is 1. The highest BCUT2D eigenvalue weighted by Crippen LogP contribution is 2.36.